The van der Waals surface area contributed by atoms with Gasteiger partial charge in [-0.3, -0.25) is 4.79 Å². The fourth-order valence-electron chi connectivity index (χ4n) is 1.99. The monoisotopic (exact) mass is 326 g/mol. The van der Waals surface area contributed by atoms with Crippen LogP contribution in [0, 0.1) is 17.1 Å². The van der Waals surface area contributed by atoms with Crippen molar-refractivity contribution in [2.75, 3.05) is 13.7 Å². The lowest BCUT2D eigenvalue weighted by Crippen LogP contribution is -2.30. The molecule has 0 aliphatic carbocycles. The Labute approximate surface area is 138 Å². The summed E-state index contributed by atoms with van der Waals surface area (Å²) in [7, 11) is 1.57. The fraction of sp³-hybridized carbons (Fsp3) is 0.167. The standard InChI is InChI=1S/C18H15FN2O3/c1-21(11-13-5-7-16(19)8-6-13)17(22)12-24-18(23)15-4-2-3-14(9-15)10-20/h2-9H,11-12H2,1H3. The van der Waals surface area contributed by atoms with Crippen molar-refractivity contribution < 1.29 is 18.7 Å². The van der Waals surface area contributed by atoms with Gasteiger partial charge in [-0.05, 0) is 35.9 Å². The molecule has 0 aromatic heterocycles. The van der Waals surface area contributed by atoms with E-state index in [1.54, 1.807) is 31.3 Å². The van der Waals surface area contributed by atoms with Crippen LogP contribution in [0.1, 0.15) is 21.5 Å². The van der Waals surface area contributed by atoms with Crippen LogP contribution in [0.2, 0.25) is 0 Å². The topological polar surface area (TPSA) is 70.4 Å². The first-order valence-corrected chi connectivity index (χ1v) is 7.15. The van der Waals surface area contributed by atoms with Crippen molar-refractivity contribution in [3.05, 3.63) is 71.0 Å². The minimum atomic E-state index is -0.671. The van der Waals surface area contributed by atoms with Gasteiger partial charge in [0.15, 0.2) is 6.61 Å². The van der Waals surface area contributed by atoms with Gasteiger partial charge in [0, 0.05) is 13.6 Å². The second kappa shape index (κ2) is 7.88. The van der Waals surface area contributed by atoms with E-state index >= 15 is 0 Å². The van der Waals surface area contributed by atoms with Crippen LogP contribution in [0.5, 0.6) is 0 Å². The van der Waals surface area contributed by atoms with Crippen molar-refractivity contribution in [2.24, 2.45) is 0 Å². The second-order valence-corrected chi connectivity index (χ2v) is 5.15. The molecular formula is C18H15FN2O3. The predicted molar refractivity (Wildman–Crippen MR) is 84.3 cm³/mol. The Morgan fingerprint density at radius 3 is 2.58 bits per heavy atom. The van der Waals surface area contributed by atoms with Crippen LogP contribution in [0.3, 0.4) is 0 Å². The number of carbonyl (C=O) groups is 2. The third kappa shape index (κ3) is 4.65. The Kier molecular flexibility index (Phi) is 5.63. The van der Waals surface area contributed by atoms with Crippen LogP contribution in [0.15, 0.2) is 48.5 Å². The molecule has 0 aliphatic heterocycles. The molecule has 0 radical (unpaired) electrons. The molecule has 0 unspecified atom stereocenters. The van der Waals surface area contributed by atoms with Gasteiger partial charge in [0.1, 0.15) is 5.82 Å². The molecule has 0 heterocycles. The summed E-state index contributed by atoms with van der Waals surface area (Å²) in [4.78, 5) is 25.3. The normalized spacial score (nSPS) is 9.88. The zero-order valence-electron chi connectivity index (χ0n) is 13.0. The fourth-order valence-corrected chi connectivity index (χ4v) is 1.99. The van der Waals surface area contributed by atoms with E-state index in [4.69, 9.17) is 10.00 Å². The van der Waals surface area contributed by atoms with E-state index in [1.807, 2.05) is 6.07 Å². The van der Waals surface area contributed by atoms with E-state index in [0.717, 1.165) is 5.56 Å². The average molecular weight is 326 g/mol. The van der Waals surface area contributed by atoms with Crippen LogP contribution >= 0.6 is 0 Å². The number of carbonyl (C=O) groups excluding carboxylic acids is 2. The van der Waals surface area contributed by atoms with Crippen LogP contribution < -0.4 is 0 Å². The van der Waals surface area contributed by atoms with Crippen LogP contribution in [0.25, 0.3) is 0 Å². The highest BCUT2D eigenvalue weighted by Crippen LogP contribution is 2.08. The molecule has 0 atom stereocenters. The van der Waals surface area contributed by atoms with Crippen molar-refractivity contribution in [1.29, 1.82) is 5.26 Å². The molecule has 2 aromatic rings. The lowest BCUT2D eigenvalue weighted by Gasteiger charge is -2.17. The van der Waals surface area contributed by atoms with E-state index in [9.17, 15) is 14.0 Å². The zero-order chi connectivity index (χ0) is 17.5. The van der Waals surface area contributed by atoms with Gasteiger partial charge >= 0.3 is 5.97 Å². The third-order valence-corrected chi connectivity index (χ3v) is 3.31. The van der Waals surface area contributed by atoms with E-state index in [0.29, 0.717) is 5.56 Å². The summed E-state index contributed by atoms with van der Waals surface area (Å²) < 4.78 is 17.8. The molecule has 2 rings (SSSR count). The van der Waals surface area contributed by atoms with E-state index in [2.05, 4.69) is 0 Å². The number of hydrogen-bond acceptors (Lipinski definition) is 4. The van der Waals surface area contributed by atoms with Crippen LogP contribution in [-0.4, -0.2) is 30.4 Å². The smallest absolute Gasteiger partial charge is 0.338 e. The molecule has 0 spiro atoms. The van der Waals surface area contributed by atoms with E-state index < -0.39 is 12.6 Å². The number of halogens is 1. The molecule has 24 heavy (non-hydrogen) atoms. The minimum Gasteiger partial charge on any atom is -0.452 e. The molecule has 2 aromatic carbocycles. The quantitative estimate of drug-likeness (QED) is 0.792. The average Bonchev–Trinajstić information content (AvgIpc) is 2.61. The first kappa shape index (κ1) is 17.2. The molecule has 0 saturated heterocycles. The summed E-state index contributed by atoms with van der Waals surface area (Å²) in [6, 6.07) is 13.8. The number of ether oxygens (including phenoxy) is 1. The lowest BCUT2D eigenvalue weighted by atomic mass is 10.1. The summed E-state index contributed by atoms with van der Waals surface area (Å²) in [6.45, 7) is -0.131. The molecule has 0 aliphatic rings. The highest BCUT2D eigenvalue weighted by atomic mass is 19.1. The van der Waals surface area contributed by atoms with Gasteiger partial charge in [-0.2, -0.15) is 5.26 Å². The van der Waals surface area contributed by atoms with Crippen molar-refractivity contribution in [3.8, 4) is 6.07 Å². The van der Waals surface area contributed by atoms with Crippen LogP contribution in [-0.2, 0) is 16.1 Å². The Bertz CT molecular complexity index is 782. The highest BCUT2D eigenvalue weighted by Gasteiger charge is 2.14. The maximum atomic E-state index is 12.8. The molecule has 1 amide bonds. The SMILES string of the molecule is CN(Cc1ccc(F)cc1)C(=O)COC(=O)c1cccc(C#N)c1. The molecule has 122 valence electrons. The molecule has 0 bridgehead atoms. The number of nitriles is 1. The van der Waals surface area contributed by atoms with Crippen LogP contribution in [0.4, 0.5) is 4.39 Å². The Morgan fingerprint density at radius 2 is 1.92 bits per heavy atom. The molecule has 0 fully saturated rings. The molecular weight excluding hydrogens is 311 g/mol. The number of rotatable bonds is 5. The number of benzene rings is 2. The summed E-state index contributed by atoms with van der Waals surface area (Å²) in [6.07, 6.45) is 0. The summed E-state index contributed by atoms with van der Waals surface area (Å²) in [5.41, 5.74) is 1.31. The van der Waals surface area contributed by atoms with Crippen molar-refractivity contribution in [2.45, 2.75) is 6.54 Å². The van der Waals surface area contributed by atoms with Gasteiger partial charge in [0.05, 0.1) is 17.2 Å². The molecule has 0 N–H and O–H groups in total. The highest BCUT2D eigenvalue weighted by molar-refractivity contribution is 5.91. The zero-order valence-corrected chi connectivity index (χ0v) is 13.0. The maximum absolute atomic E-state index is 12.8. The summed E-state index contributed by atoms with van der Waals surface area (Å²) in [5.74, 6) is -1.40. The van der Waals surface area contributed by atoms with Gasteiger partial charge in [-0.1, -0.05) is 18.2 Å². The molecule has 5 nitrogen and oxygen atoms in total. The number of nitrogens with zero attached hydrogens (tertiary/aromatic N) is 2. The summed E-state index contributed by atoms with van der Waals surface area (Å²) >= 11 is 0. The number of likely N-dealkylation sites (N-methyl/N-ethyl adjacent to an activating group) is 1. The van der Waals surface area contributed by atoms with Gasteiger partial charge in [0.2, 0.25) is 0 Å². The first-order chi connectivity index (χ1) is 11.5. The van der Waals surface area contributed by atoms with Crippen molar-refractivity contribution in [3.63, 3.8) is 0 Å². The second-order valence-electron chi connectivity index (χ2n) is 5.15. The van der Waals surface area contributed by atoms with Crippen molar-refractivity contribution >= 4 is 11.9 Å². The van der Waals surface area contributed by atoms with E-state index in [1.165, 1.54) is 29.2 Å². The Morgan fingerprint density at radius 1 is 1.21 bits per heavy atom. The lowest BCUT2D eigenvalue weighted by molar-refractivity contribution is -0.133. The Balaban J connectivity index is 1.88. The Hall–Kier alpha value is -3.20. The molecule has 6 heteroatoms. The largest absolute Gasteiger partial charge is 0.452 e. The van der Waals surface area contributed by atoms with Gasteiger partial charge < -0.3 is 9.64 Å². The number of hydrogen-bond donors (Lipinski definition) is 0. The van der Waals surface area contributed by atoms with Gasteiger partial charge in [-0.25, -0.2) is 9.18 Å². The van der Waals surface area contributed by atoms with Gasteiger partial charge in [-0.15, -0.1) is 0 Å². The molecule has 0 saturated carbocycles. The summed E-state index contributed by atoms with van der Waals surface area (Å²) in [5, 5.41) is 8.81. The van der Waals surface area contributed by atoms with Gasteiger partial charge in [0.25, 0.3) is 5.91 Å². The maximum Gasteiger partial charge on any atom is 0.338 e. The predicted octanol–water partition coefficient (Wildman–Crippen LogP) is 2.51. The third-order valence-electron chi connectivity index (χ3n) is 3.31. The van der Waals surface area contributed by atoms with Crippen molar-refractivity contribution in [1.82, 2.24) is 4.90 Å². The number of amides is 1. The number of esters is 1. The first-order valence-electron chi connectivity index (χ1n) is 7.15. The van der Waals surface area contributed by atoms with E-state index in [-0.39, 0.29) is 23.8 Å². The minimum absolute atomic E-state index is 0.211.